The lowest BCUT2D eigenvalue weighted by atomic mass is 10.2. The summed E-state index contributed by atoms with van der Waals surface area (Å²) in [5, 5.41) is 21.5. The first-order valence-corrected chi connectivity index (χ1v) is 7.12. The molecule has 1 amide bonds. The minimum absolute atomic E-state index is 0.0697. The zero-order chi connectivity index (χ0) is 16.4. The Bertz CT molecular complexity index is 865. The third-order valence-corrected chi connectivity index (χ3v) is 3.38. The summed E-state index contributed by atoms with van der Waals surface area (Å²) in [5.41, 5.74) is 3.22. The van der Waals surface area contributed by atoms with Crippen LogP contribution in [0.15, 0.2) is 54.6 Å². The number of hydrogen-bond acceptors (Lipinski definition) is 4. The zero-order valence-corrected chi connectivity index (χ0v) is 12.7. The molecule has 0 unspecified atom stereocenters. The molecule has 116 valence electrons. The van der Waals surface area contributed by atoms with Crippen molar-refractivity contribution in [1.82, 2.24) is 20.3 Å². The van der Waals surface area contributed by atoms with Gasteiger partial charge in [0.1, 0.15) is 22.5 Å². The fourth-order valence-electron chi connectivity index (χ4n) is 2.14. The van der Waals surface area contributed by atoms with Crippen LogP contribution in [0.2, 0.25) is 0 Å². The molecule has 3 rings (SSSR count). The predicted octanol–water partition coefficient (Wildman–Crippen LogP) is 2.32. The topological polar surface area (TPSA) is 80.0 Å². The molecule has 3 aromatic rings. The summed E-state index contributed by atoms with van der Waals surface area (Å²) in [4.78, 5) is 13.0. The number of nitrogens with zero attached hydrogens (tertiary/aromatic N) is 3. The van der Waals surface area contributed by atoms with Crippen molar-refractivity contribution < 1.29 is 9.90 Å². The summed E-state index contributed by atoms with van der Waals surface area (Å²) in [6.45, 7) is 5.58. The second kappa shape index (κ2) is 5.92. The van der Waals surface area contributed by atoms with Crippen LogP contribution in [0.4, 0.5) is 0 Å². The average molecular weight is 308 g/mol. The van der Waals surface area contributed by atoms with E-state index in [2.05, 4.69) is 22.1 Å². The second-order valence-electron chi connectivity index (χ2n) is 5.26. The summed E-state index contributed by atoms with van der Waals surface area (Å²) in [6.07, 6.45) is 0. The minimum Gasteiger partial charge on any atom is -0.506 e. The Labute approximate surface area is 133 Å². The Hall–Kier alpha value is -3.15. The van der Waals surface area contributed by atoms with Gasteiger partial charge in [-0.05, 0) is 36.8 Å². The van der Waals surface area contributed by atoms with E-state index < -0.39 is 0 Å². The maximum atomic E-state index is 11.6. The zero-order valence-electron chi connectivity index (χ0n) is 12.7. The number of aromatic nitrogens is 3. The highest BCUT2D eigenvalue weighted by atomic mass is 16.3. The van der Waals surface area contributed by atoms with E-state index in [9.17, 15) is 9.90 Å². The molecule has 0 aliphatic carbocycles. The van der Waals surface area contributed by atoms with E-state index in [0.717, 1.165) is 16.6 Å². The number of aromatic hydroxyl groups is 1. The molecule has 0 atom stereocenters. The van der Waals surface area contributed by atoms with Crippen molar-refractivity contribution >= 4 is 16.9 Å². The first-order chi connectivity index (χ1) is 11.0. The number of phenols is 1. The fraction of sp³-hybridized carbons (Fsp3) is 0.118. The van der Waals surface area contributed by atoms with Crippen molar-refractivity contribution in [3.8, 4) is 11.4 Å². The van der Waals surface area contributed by atoms with Crippen molar-refractivity contribution in [1.29, 1.82) is 0 Å². The van der Waals surface area contributed by atoms with Gasteiger partial charge in [-0.15, -0.1) is 15.0 Å². The molecule has 23 heavy (non-hydrogen) atoms. The van der Waals surface area contributed by atoms with Gasteiger partial charge in [-0.2, -0.15) is 0 Å². The van der Waals surface area contributed by atoms with E-state index in [1.807, 2.05) is 24.3 Å². The van der Waals surface area contributed by atoms with Crippen LogP contribution in [0, 0.1) is 0 Å². The van der Waals surface area contributed by atoms with Crippen LogP contribution in [-0.2, 0) is 11.3 Å². The van der Waals surface area contributed by atoms with Crippen LogP contribution in [0.1, 0.15) is 12.5 Å². The van der Waals surface area contributed by atoms with Gasteiger partial charge in [0.15, 0.2) is 0 Å². The van der Waals surface area contributed by atoms with Crippen molar-refractivity contribution in [2.75, 3.05) is 0 Å². The van der Waals surface area contributed by atoms with Crippen LogP contribution in [0.5, 0.6) is 5.75 Å². The van der Waals surface area contributed by atoms with E-state index in [0.29, 0.717) is 17.8 Å². The Morgan fingerprint density at radius 3 is 2.48 bits per heavy atom. The number of fused-ring (bicyclic) bond motifs is 1. The van der Waals surface area contributed by atoms with Crippen molar-refractivity contribution in [2.24, 2.45) is 0 Å². The molecular formula is C17H16N4O2. The molecule has 6 heteroatoms. The number of nitrogens with one attached hydrogen (secondary N) is 1. The summed E-state index contributed by atoms with van der Waals surface area (Å²) >= 11 is 0. The smallest absolute Gasteiger partial charge is 0.246 e. The molecule has 0 saturated heterocycles. The predicted molar refractivity (Wildman–Crippen MR) is 87.2 cm³/mol. The number of phenolic OH excluding ortho intramolecular Hbond substituents is 1. The average Bonchev–Trinajstić information content (AvgIpc) is 2.97. The Balaban J connectivity index is 1.91. The van der Waals surface area contributed by atoms with Gasteiger partial charge in [0.25, 0.3) is 0 Å². The third-order valence-electron chi connectivity index (χ3n) is 3.38. The highest BCUT2D eigenvalue weighted by Gasteiger charge is 2.10. The Morgan fingerprint density at radius 2 is 1.87 bits per heavy atom. The monoisotopic (exact) mass is 308 g/mol. The van der Waals surface area contributed by atoms with Gasteiger partial charge in [0.2, 0.25) is 5.91 Å². The maximum absolute atomic E-state index is 11.6. The minimum atomic E-state index is -0.206. The largest absolute Gasteiger partial charge is 0.506 e. The van der Waals surface area contributed by atoms with Gasteiger partial charge >= 0.3 is 0 Å². The molecule has 0 aliphatic heterocycles. The summed E-state index contributed by atoms with van der Waals surface area (Å²) < 4.78 is 0. The first kappa shape index (κ1) is 14.8. The van der Waals surface area contributed by atoms with Gasteiger partial charge in [-0.3, -0.25) is 4.79 Å². The molecule has 1 aromatic heterocycles. The number of carbonyl (C=O) groups excluding carboxylic acids is 1. The van der Waals surface area contributed by atoms with E-state index in [-0.39, 0.29) is 11.7 Å². The lowest BCUT2D eigenvalue weighted by Gasteiger charge is -2.08. The standard InChI is InChI=1S/C17H16N4O2/c1-11(2)17(23)18-10-12-7-8-16(22)15(9-12)21-19-13-5-3-4-6-14(13)20-21/h3-9,22H,1,10H2,2H3,(H,18,23). The first-order valence-electron chi connectivity index (χ1n) is 7.12. The molecule has 0 spiro atoms. The molecule has 1 heterocycles. The van der Waals surface area contributed by atoms with Crippen LogP contribution in [0.3, 0.4) is 0 Å². The van der Waals surface area contributed by atoms with Crippen molar-refractivity contribution in [2.45, 2.75) is 13.5 Å². The Kier molecular flexibility index (Phi) is 3.80. The highest BCUT2D eigenvalue weighted by molar-refractivity contribution is 5.92. The second-order valence-corrected chi connectivity index (χ2v) is 5.26. The lowest BCUT2D eigenvalue weighted by molar-refractivity contribution is -0.117. The molecule has 0 fully saturated rings. The summed E-state index contributed by atoms with van der Waals surface area (Å²) in [7, 11) is 0. The van der Waals surface area contributed by atoms with Crippen LogP contribution >= 0.6 is 0 Å². The number of carbonyl (C=O) groups is 1. The van der Waals surface area contributed by atoms with Crippen LogP contribution in [0.25, 0.3) is 16.7 Å². The highest BCUT2D eigenvalue weighted by Crippen LogP contribution is 2.23. The normalized spacial score (nSPS) is 10.7. The van der Waals surface area contributed by atoms with Crippen LogP contribution in [-0.4, -0.2) is 26.0 Å². The number of rotatable bonds is 4. The quantitative estimate of drug-likeness (QED) is 0.725. The molecular weight excluding hydrogens is 292 g/mol. The Morgan fingerprint density at radius 1 is 1.22 bits per heavy atom. The van der Waals surface area contributed by atoms with Gasteiger partial charge in [0.05, 0.1) is 0 Å². The van der Waals surface area contributed by atoms with Crippen LogP contribution < -0.4 is 5.32 Å². The number of amides is 1. The lowest BCUT2D eigenvalue weighted by Crippen LogP contribution is -2.23. The number of benzene rings is 2. The summed E-state index contributed by atoms with van der Waals surface area (Å²) in [6, 6.07) is 12.5. The number of hydrogen-bond donors (Lipinski definition) is 2. The molecule has 2 N–H and O–H groups in total. The van der Waals surface area contributed by atoms with E-state index in [4.69, 9.17) is 0 Å². The third kappa shape index (κ3) is 3.06. The molecule has 2 aromatic carbocycles. The summed E-state index contributed by atoms with van der Waals surface area (Å²) in [5.74, 6) is -0.136. The van der Waals surface area contributed by atoms with Gasteiger partial charge in [-0.1, -0.05) is 24.8 Å². The molecule has 0 radical (unpaired) electrons. The molecule has 6 nitrogen and oxygen atoms in total. The van der Waals surface area contributed by atoms with E-state index >= 15 is 0 Å². The molecule has 0 bridgehead atoms. The van der Waals surface area contributed by atoms with E-state index in [1.165, 1.54) is 4.80 Å². The fourth-order valence-corrected chi connectivity index (χ4v) is 2.14. The van der Waals surface area contributed by atoms with Gasteiger partial charge in [0, 0.05) is 12.1 Å². The van der Waals surface area contributed by atoms with Gasteiger partial charge in [-0.25, -0.2) is 0 Å². The maximum Gasteiger partial charge on any atom is 0.246 e. The molecule has 0 saturated carbocycles. The molecule has 0 aliphatic rings. The van der Waals surface area contributed by atoms with E-state index in [1.54, 1.807) is 25.1 Å². The SMILES string of the molecule is C=C(C)C(=O)NCc1ccc(O)c(-n2nc3ccccc3n2)c1. The van der Waals surface area contributed by atoms with Gasteiger partial charge < -0.3 is 10.4 Å². The van der Waals surface area contributed by atoms with Crippen molar-refractivity contribution in [3.63, 3.8) is 0 Å². The van der Waals surface area contributed by atoms with Crippen molar-refractivity contribution in [3.05, 3.63) is 60.2 Å².